The predicted molar refractivity (Wildman–Crippen MR) is 127 cm³/mol. The summed E-state index contributed by atoms with van der Waals surface area (Å²) in [5.41, 5.74) is -0.949. The molecular formula is C25H39NO10. The van der Waals surface area contributed by atoms with Gasteiger partial charge in [0.05, 0.1) is 17.8 Å². The maximum atomic E-state index is 12.0. The van der Waals surface area contributed by atoms with Crippen LogP contribution in [0.25, 0.3) is 0 Å². The molecule has 1 aromatic heterocycles. The number of esters is 1. The lowest BCUT2D eigenvalue weighted by atomic mass is 10.0. The highest BCUT2D eigenvalue weighted by Crippen LogP contribution is 2.23. The first-order valence-corrected chi connectivity index (χ1v) is 12.3. The van der Waals surface area contributed by atoms with Gasteiger partial charge in [0, 0.05) is 44.4 Å². The van der Waals surface area contributed by atoms with Gasteiger partial charge in [-0.3, -0.25) is 14.4 Å². The Morgan fingerprint density at radius 1 is 0.972 bits per heavy atom. The highest BCUT2D eigenvalue weighted by Gasteiger charge is 2.36. The fraction of sp³-hybridized carbons (Fsp3) is 0.720. The van der Waals surface area contributed by atoms with Gasteiger partial charge in [0.1, 0.15) is 0 Å². The zero-order chi connectivity index (χ0) is 26.9. The zero-order valence-corrected chi connectivity index (χ0v) is 21.5. The van der Waals surface area contributed by atoms with Crippen molar-refractivity contribution in [3.63, 3.8) is 0 Å². The smallest absolute Gasteiger partial charge is 0.306 e. The molecule has 1 unspecified atom stereocenters. The number of aromatic hydroxyl groups is 2. The second-order valence-corrected chi connectivity index (χ2v) is 10.2. The summed E-state index contributed by atoms with van der Waals surface area (Å²) in [6, 6.07) is 2.49. The number of aliphatic hydroxyl groups excluding tert-OH is 1. The van der Waals surface area contributed by atoms with Crippen molar-refractivity contribution in [2.24, 2.45) is 0 Å². The van der Waals surface area contributed by atoms with Gasteiger partial charge >= 0.3 is 5.97 Å². The maximum Gasteiger partial charge on any atom is 0.306 e. The van der Waals surface area contributed by atoms with E-state index < -0.39 is 29.6 Å². The fourth-order valence-electron chi connectivity index (χ4n) is 3.68. The summed E-state index contributed by atoms with van der Waals surface area (Å²) >= 11 is 0. The molecule has 11 heteroatoms. The lowest BCUT2D eigenvalue weighted by Gasteiger charge is -2.30. The first kappa shape index (κ1) is 29.6. The van der Waals surface area contributed by atoms with E-state index in [2.05, 4.69) is 0 Å². The minimum atomic E-state index is -1.22. The average molecular weight is 514 g/mol. The van der Waals surface area contributed by atoms with E-state index in [1.165, 1.54) is 12.1 Å². The normalized spacial score (nSPS) is 15.9. The number of hydrogen-bond donors (Lipinski definition) is 3. The number of carbonyl (C=O) groups excluding carboxylic acids is 3. The largest absolute Gasteiger partial charge is 0.492 e. The molecule has 0 saturated heterocycles. The zero-order valence-electron chi connectivity index (χ0n) is 21.5. The molecule has 1 heterocycles. The standard InChI is InChI=1S/C25H39NO10/c1-24(2,13-5-7-21(31)35-23-17(27)9-10-18(23)28)34-16-14-25(3,4)33-15-6-8-22(32)36-26-19(29)11-12-20(26)30/h11-12,22-23,29-30,32H,5-10,13-16H2,1-4H3. The SMILES string of the molecule is CC(C)(CCCC(=O)OC1C(=O)CCC1=O)OCCC(C)(C)OCCCC(O)On1c(O)ccc1O. The Bertz CT molecular complexity index is 856. The molecule has 11 nitrogen and oxygen atoms in total. The predicted octanol–water partition coefficient (Wildman–Crippen LogP) is 2.42. The summed E-state index contributed by atoms with van der Waals surface area (Å²) in [5, 5.41) is 29.0. The molecule has 3 N–H and O–H groups in total. The van der Waals surface area contributed by atoms with Gasteiger partial charge in [0.15, 0.2) is 11.6 Å². The number of hydrogen-bond acceptors (Lipinski definition) is 10. The molecule has 0 bridgehead atoms. The Balaban J connectivity index is 1.58. The summed E-state index contributed by atoms with van der Waals surface area (Å²) in [7, 11) is 0. The molecule has 1 aliphatic rings. The Labute approximate surface area is 211 Å². The Kier molecular flexibility index (Phi) is 10.7. The first-order chi connectivity index (χ1) is 16.8. The molecule has 0 spiro atoms. The second-order valence-electron chi connectivity index (χ2n) is 10.2. The van der Waals surface area contributed by atoms with E-state index >= 15 is 0 Å². The molecule has 2 rings (SSSR count). The van der Waals surface area contributed by atoms with E-state index in [9.17, 15) is 29.7 Å². The van der Waals surface area contributed by atoms with E-state index in [-0.39, 0.29) is 49.0 Å². The van der Waals surface area contributed by atoms with Crippen LogP contribution in [0.15, 0.2) is 12.1 Å². The van der Waals surface area contributed by atoms with Gasteiger partial charge in [-0.25, -0.2) is 0 Å². The summed E-state index contributed by atoms with van der Waals surface area (Å²) in [6.07, 6.45) is 0.396. The number of aliphatic hydroxyl groups is 1. The van der Waals surface area contributed by atoms with Gasteiger partial charge in [-0.2, -0.15) is 0 Å². The van der Waals surface area contributed by atoms with Gasteiger partial charge in [0.2, 0.25) is 24.2 Å². The van der Waals surface area contributed by atoms with Crippen LogP contribution in [-0.2, 0) is 28.6 Å². The van der Waals surface area contributed by atoms with Crippen molar-refractivity contribution in [1.82, 2.24) is 4.73 Å². The molecular weight excluding hydrogens is 474 g/mol. The molecule has 1 fully saturated rings. The minimum Gasteiger partial charge on any atom is -0.492 e. The number of carbonyl (C=O) groups is 3. The molecule has 1 atom stereocenters. The summed E-state index contributed by atoms with van der Waals surface area (Å²) < 4.78 is 17.7. The van der Waals surface area contributed by atoms with Crippen molar-refractivity contribution in [3.8, 4) is 11.8 Å². The monoisotopic (exact) mass is 513 g/mol. The van der Waals surface area contributed by atoms with Gasteiger partial charge in [-0.15, -0.1) is 4.73 Å². The number of aromatic nitrogens is 1. The van der Waals surface area contributed by atoms with Crippen molar-refractivity contribution in [1.29, 1.82) is 0 Å². The van der Waals surface area contributed by atoms with Crippen LogP contribution in [0.4, 0.5) is 0 Å². The summed E-state index contributed by atoms with van der Waals surface area (Å²) in [6.45, 7) is 8.54. The topological polar surface area (TPSA) is 154 Å². The molecule has 0 radical (unpaired) electrons. The molecule has 0 aliphatic heterocycles. The van der Waals surface area contributed by atoms with Crippen molar-refractivity contribution < 1.29 is 48.8 Å². The van der Waals surface area contributed by atoms with Crippen molar-refractivity contribution in [2.45, 2.75) is 103 Å². The van der Waals surface area contributed by atoms with Gasteiger partial charge in [-0.1, -0.05) is 0 Å². The molecule has 204 valence electrons. The van der Waals surface area contributed by atoms with Gasteiger partial charge in [-0.05, 0) is 53.4 Å². The lowest BCUT2D eigenvalue weighted by molar-refractivity contribution is -0.157. The van der Waals surface area contributed by atoms with Crippen LogP contribution in [0.3, 0.4) is 0 Å². The third-order valence-electron chi connectivity index (χ3n) is 5.92. The Hall–Kier alpha value is -2.63. The molecule has 0 aromatic carbocycles. The van der Waals surface area contributed by atoms with Crippen LogP contribution >= 0.6 is 0 Å². The summed E-state index contributed by atoms with van der Waals surface area (Å²) in [5.74, 6) is -1.84. The lowest BCUT2D eigenvalue weighted by Crippen LogP contribution is -2.32. The van der Waals surface area contributed by atoms with Crippen LogP contribution < -0.4 is 4.84 Å². The van der Waals surface area contributed by atoms with Crippen molar-refractivity contribution in [3.05, 3.63) is 12.1 Å². The third-order valence-corrected chi connectivity index (χ3v) is 5.92. The fourth-order valence-corrected chi connectivity index (χ4v) is 3.68. The molecule has 36 heavy (non-hydrogen) atoms. The number of nitrogens with zero attached hydrogens (tertiary/aromatic N) is 1. The Morgan fingerprint density at radius 2 is 1.53 bits per heavy atom. The summed E-state index contributed by atoms with van der Waals surface area (Å²) in [4.78, 5) is 40.2. The third kappa shape index (κ3) is 9.79. The van der Waals surface area contributed by atoms with E-state index in [0.29, 0.717) is 38.9 Å². The average Bonchev–Trinajstić information content (AvgIpc) is 3.26. The Morgan fingerprint density at radius 3 is 2.14 bits per heavy atom. The molecule has 1 aliphatic carbocycles. The number of ether oxygens (including phenoxy) is 3. The second kappa shape index (κ2) is 13.1. The van der Waals surface area contributed by atoms with Gasteiger partial charge in [0.25, 0.3) is 0 Å². The van der Waals surface area contributed by atoms with Crippen molar-refractivity contribution >= 4 is 17.5 Å². The highest BCUT2D eigenvalue weighted by molar-refractivity contribution is 6.12. The van der Waals surface area contributed by atoms with E-state index in [1.54, 1.807) is 0 Å². The van der Waals surface area contributed by atoms with E-state index in [0.717, 1.165) is 4.73 Å². The number of Topliss-reactive ketones (excluding diaryl/α,β-unsaturated/α-hetero) is 2. The van der Waals surface area contributed by atoms with Crippen molar-refractivity contribution in [2.75, 3.05) is 13.2 Å². The van der Waals surface area contributed by atoms with Crippen LogP contribution in [0.5, 0.6) is 11.8 Å². The van der Waals surface area contributed by atoms with Crippen LogP contribution in [0.1, 0.15) is 79.1 Å². The van der Waals surface area contributed by atoms with Crippen LogP contribution in [0.2, 0.25) is 0 Å². The molecule has 1 aromatic rings. The maximum absolute atomic E-state index is 12.0. The first-order valence-electron chi connectivity index (χ1n) is 12.3. The number of rotatable bonds is 16. The minimum absolute atomic E-state index is 0.109. The van der Waals surface area contributed by atoms with E-state index in [1.807, 2.05) is 27.7 Å². The highest BCUT2D eigenvalue weighted by atomic mass is 16.7. The van der Waals surface area contributed by atoms with E-state index in [4.69, 9.17) is 19.0 Å². The van der Waals surface area contributed by atoms with Gasteiger partial charge < -0.3 is 34.4 Å². The quantitative estimate of drug-likeness (QED) is 0.130. The van der Waals surface area contributed by atoms with Crippen LogP contribution in [0, 0.1) is 0 Å². The number of ketones is 2. The van der Waals surface area contributed by atoms with Crippen LogP contribution in [-0.4, -0.2) is 74.4 Å². The molecule has 1 saturated carbocycles. The molecule has 0 amide bonds.